The van der Waals surface area contributed by atoms with Crippen molar-refractivity contribution in [3.05, 3.63) is 30.0 Å². The fourth-order valence-corrected chi connectivity index (χ4v) is 1.95. The van der Waals surface area contributed by atoms with Gasteiger partial charge in [0, 0.05) is 29.7 Å². The molecule has 0 aliphatic heterocycles. The maximum absolute atomic E-state index is 5.83. The van der Waals surface area contributed by atoms with Crippen LogP contribution in [0.5, 0.6) is 5.75 Å². The van der Waals surface area contributed by atoms with Crippen LogP contribution in [0, 0.1) is 0 Å². The molecule has 92 valence electrons. The molecule has 0 aliphatic rings. The fraction of sp³-hybridized carbons (Fsp3) is 0.385. The Bertz CT molecular complexity index is 492. The second kappa shape index (κ2) is 5.21. The number of fused-ring (bicyclic) bond motifs is 1. The molecule has 4 heteroatoms. The van der Waals surface area contributed by atoms with Crippen molar-refractivity contribution in [1.29, 1.82) is 0 Å². The van der Waals surface area contributed by atoms with Crippen LogP contribution in [0.1, 0.15) is 12.0 Å². The van der Waals surface area contributed by atoms with Gasteiger partial charge in [0.25, 0.3) is 0 Å². The van der Waals surface area contributed by atoms with E-state index < -0.39 is 0 Å². The second-order valence-corrected chi connectivity index (χ2v) is 4.26. The average Bonchev–Trinajstić information content (AvgIpc) is 2.78. The second-order valence-electron chi connectivity index (χ2n) is 4.26. The molecule has 2 rings (SSSR count). The summed E-state index contributed by atoms with van der Waals surface area (Å²) in [4.78, 5) is 3.25. The van der Waals surface area contributed by atoms with Crippen LogP contribution in [0.3, 0.4) is 0 Å². The minimum absolute atomic E-state index is 0.0746. The maximum Gasteiger partial charge on any atom is 0.119 e. The number of rotatable bonds is 5. The minimum Gasteiger partial charge on any atom is -0.497 e. The van der Waals surface area contributed by atoms with Crippen molar-refractivity contribution in [2.24, 2.45) is 11.5 Å². The largest absolute Gasteiger partial charge is 0.497 e. The van der Waals surface area contributed by atoms with Crippen molar-refractivity contribution < 1.29 is 4.74 Å². The first kappa shape index (κ1) is 12.0. The molecular formula is C13H19N3O. The van der Waals surface area contributed by atoms with E-state index >= 15 is 0 Å². The highest BCUT2D eigenvalue weighted by Crippen LogP contribution is 2.24. The summed E-state index contributed by atoms with van der Waals surface area (Å²) in [7, 11) is 1.68. The topological polar surface area (TPSA) is 77.1 Å². The Morgan fingerprint density at radius 2 is 2.24 bits per heavy atom. The van der Waals surface area contributed by atoms with E-state index in [0.29, 0.717) is 6.54 Å². The highest BCUT2D eigenvalue weighted by molar-refractivity contribution is 5.84. The summed E-state index contributed by atoms with van der Waals surface area (Å²) >= 11 is 0. The summed E-state index contributed by atoms with van der Waals surface area (Å²) < 4.78 is 5.23. The summed E-state index contributed by atoms with van der Waals surface area (Å²) in [6.45, 7) is 0.533. The molecule has 5 N–H and O–H groups in total. The molecule has 0 fully saturated rings. The summed E-state index contributed by atoms with van der Waals surface area (Å²) in [6, 6.07) is 6.11. The summed E-state index contributed by atoms with van der Waals surface area (Å²) in [6.07, 6.45) is 3.87. The Morgan fingerprint density at radius 1 is 1.41 bits per heavy atom. The predicted octanol–water partition coefficient (Wildman–Crippen LogP) is 1.40. The highest BCUT2D eigenvalue weighted by atomic mass is 16.5. The molecule has 0 saturated heterocycles. The van der Waals surface area contributed by atoms with Crippen LogP contribution in [0.2, 0.25) is 0 Å². The molecular weight excluding hydrogens is 214 g/mol. The van der Waals surface area contributed by atoms with Crippen molar-refractivity contribution in [3.8, 4) is 5.75 Å². The lowest BCUT2D eigenvalue weighted by molar-refractivity contribution is 0.415. The van der Waals surface area contributed by atoms with Gasteiger partial charge in [0.05, 0.1) is 7.11 Å². The number of aryl methyl sites for hydroxylation is 1. The first-order valence-corrected chi connectivity index (χ1v) is 5.84. The van der Waals surface area contributed by atoms with Crippen LogP contribution < -0.4 is 16.2 Å². The Kier molecular flexibility index (Phi) is 3.66. The van der Waals surface area contributed by atoms with Gasteiger partial charge in [-0.05, 0) is 36.6 Å². The third-order valence-electron chi connectivity index (χ3n) is 3.06. The number of hydrogen-bond acceptors (Lipinski definition) is 3. The summed E-state index contributed by atoms with van der Waals surface area (Å²) in [5.74, 6) is 0.876. The monoisotopic (exact) mass is 233 g/mol. The van der Waals surface area contributed by atoms with Crippen LogP contribution in [0.4, 0.5) is 0 Å². The number of hydrogen-bond donors (Lipinski definition) is 3. The lowest BCUT2D eigenvalue weighted by Gasteiger charge is -2.07. The summed E-state index contributed by atoms with van der Waals surface area (Å²) in [5, 5.41) is 1.20. The lowest BCUT2D eigenvalue weighted by atomic mass is 10.0. The average molecular weight is 233 g/mol. The highest BCUT2D eigenvalue weighted by Gasteiger charge is 2.07. The molecule has 0 amide bonds. The van der Waals surface area contributed by atoms with Crippen molar-refractivity contribution in [3.63, 3.8) is 0 Å². The van der Waals surface area contributed by atoms with Crippen molar-refractivity contribution >= 4 is 10.9 Å². The van der Waals surface area contributed by atoms with Gasteiger partial charge >= 0.3 is 0 Å². The quantitative estimate of drug-likeness (QED) is 0.730. The maximum atomic E-state index is 5.83. The number of nitrogens with two attached hydrogens (primary N) is 2. The number of aromatic nitrogens is 1. The van der Waals surface area contributed by atoms with Gasteiger partial charge in [-0.25, -0.2) is 0 Å². The molecule has 0 aliphatic carbocycles. The number of nitrogens with one attached hydrogen (secondary N) is 1. The Morgan fingerprint density at radius 3 is 2.94 bits per heavy atom. The van der Waals surface area contributed by atoms with Crippen LogP contribution in [0.15, 0.2) is 24.4 Å². The predicted molar refractivity (Wildman–Crippen MR) is 70.2 cm³/mol. The zero-order chi connectivity index (χ0) is 12.3. The van der Waals surface area contributed by atoms with E-state index in [-0.39, 0.29) is 6.04 Å². The molecule has 1 heterocycles. The molecule has 0 radical (unpaired) electrons. The van der Waals surface area contributed by atoms with Crippen LogP contribution >= 0.6 is 0 Å². The Labute approximate surface area is 101 Å². The van der Waals surface area contributed by atoms with E-state index in [1.165, 1.54) is 10.9 Å². The van der Waals surface area contributed by atoms with Gasteiger partial charge in [-0.2, -0.15) is 0 Å². The molecule has 0 saturated carbocycles. The van der Waals surface area contributed by atoms with Gasteiger partial charge in [-0.15, -0.1) is 0 Å². The molecule has 4 nitrogen and oxygen atoms in total. The molecule has 17 heavy (non-hydrogen) atoms. The fourth-order valence-electron chi connectivity index (χ4n) is 1.95. The SMILES string of the molecule is COc1ccc2[nH]cc(CCC(N)CN)c2c1. The van der Waals surface area contributed by atoms with Crippen molar-refractivity contribution in [1.82, 2.24) is 4.98 Å². The number of aromatic amines is 1. The summed E-state index contributed by atoms with van der Waals surface area (Å²) in [5.41, 5.74) is 13.7. The third kappa shape index (κ3) is 2.60. The van der Waals surface area contributed by atoms with Gasteiger partial charge in [-0.1, -0.05) is 0 Å². The number of ether oxygens (including phenoxy) is 1. The van der Waals surface area contributed by atoms with E-state index in [2.05, 4.69) is 11.1 Å². The van der Waals surface area contributed by atoms with Crippen LogP contribution in [-0.4, -0.2) is 24.7 Å². The zero-order valence-electron chi connectivity index (χ0n) is 10.1. The number of methoxy groups -OCH3 is 1. The Balaban J connectivity index is 2.22. The zero-order valence-corrected chi connectivity index (χ0v) is 10.1. The van der Waals surface area contributed by atoms with Crippen molar-refractivity contribution in [2.75, 3.05) is 13.7 Å². The lowest BCUT2D eigenvalue weighted by Crippen LogP contribution is -2.29. The van der Waals surface area contributed by atoms with E-state index in [9.17, 15) is 0 Å². The van der Waals surface area contributed by atoms with E-state index in [4.69, 9.17) is 16.2 Å². The van der Waals surface area contributed by atoms with Gasteiger partial charge in [0.1, 0.15) is 5.75 Å². The third-order valence-corrected chi connectivity index (χ3v) is 3.06. The molecule has 1 aromatic heterocycles. The van der Waals surface area contributed by atoms with Crippen LogP contribution in [0.25, 0.3) is 10.9 Å². The van der Waals surface area contributed by atoms with Gasteiger partial charge in [0.2, 0.25) is 0 Å². The van der Waals surface area contributed by atoms with Gasteiger partial charge in [0.15, 0.2) is 0 Å². The van der Waals surface area contributed by atoms with Gasteiger partial charge < -0.3 is 21.2 Å². The van der Waals surface area contributed by atoms with E-state index in [1.54, 1.807) is 7.11 Å². The first-order valence-electron chi connectivity index (χ1n) is 5.84. The molecule has 0 spiro atoms. The van der Waals surface area contributed by atoms with E-state index in [1.807, 2.05) is 18.3 Å². The molecule has 2 aromatic rings. The van der Waals surface area contributed by atoms with E-state index in [0.717, 1.165) is 24.1 Å². The molecule has 0 bridgehead atoms. The molecule has 1 aromatic carbocycles. The first-order chi connectivity index (χ1) is 8.24. The Hall–Kier alpha value is -1.52. The standard InChI is InChI=1S/C13H19N3O/c1-17-11-4-5-13-12(6-11)9(8-16-13)2-3-10(15)7-14/h4-6,8,10,16H,2-3,7,14-15H2,1H3. The molecule has 1 atom stereocenters. The smallest absolute Gasteiger partial charge is 0.119 e. The van der Waals surface area contributed by atoms with Gasteiger partial charge in [-0.3, -0.25) is 0 Å². The van der Waals surface area contributed by atoms with Crippen LogP contribution in [-0.2, 0) is 6.42 Å². The number of H-pyrrole nitrogens is 1. The number of benzene rings is 1. The molecule has 1 unspecified atom stereocenters. The minimum atomic E-state index is 0.0746. The normalized spacial score (nSPS) is 12.9. The van der Waals surface area contributed by atoms with Crippen molar-refractivity contribution in [2.45, 2.75) is 18.9 Å².